The van der Waals surface area contributed by atoms with E-state index in [-0.39, 0.29) is 11.7 Å². The van der Waals surface area contributed by atoms with Gasteiger partial charge < -0.3 is 15.0 Å². The minimum atomic E-state index is -0.506. The number of hydrogen-bond acceptors (Lipinski definition) is 3. The van der Waals surface area contributed by atoms with E-state index in [2.05, 4.69) is 21.2 Å². The summed E-state index contributed by atoms with van der Waals surface area (Å²) in [6, 6.07) is 4.91. The Bertz CT molecular complexity index is 668. The zero-order chi connectivity index (χ0) is 20.0. The van der Waals surface area contributed by atoms with Crippen LogP contribution in [-0.2, 0) is 16.0 Å². The Hall–Kier alpha value is -1.63. The van der Waals surface area contributed by atoms with Crippen LogP contribution in [-0.4, -0.2) is 42.1 Å². The summed E-state index contributed by atoms with van der Waals surface area (Å²) in [7, 11) is 0. The maximum absolute atomic E-state index is 13.8. The number of carbonyl (C=O) groups is 2. The van der Waals surface area contributed by atoms with Crippen LogP contribution < -0.4 is 5.32 Å². The van der Waals surface area contributed by atoms with Crippen molar-refractivity contribution in [2.75, 3.05) is 19.6 Å². The number of amides is 2. The van der Waals surface area contributed by atoms with E-state index in [9.17, 15) is 14.0 Å². The summed E-state index contributed by atoms with van der Waals surface area (Å²) in [4.78, 5) is 25.9. The SMILES string of the molecule is CC(C)(C)OC(=O)NCC1CCN(C(=O)CCc2ccc(Br)cc2F)CC1. The van der Waals surface area contributed by atoms with Gasteiger partial charge in [-0.05, 0) is 63.6 Å². The number of ether oxygens (including phenoxy) is 1. The molecule has 1 heterocycles. The van der Waals surface area contributed by atoms with Gasteiger partial charge in [-0.15, -0.1) is 0 Å². The van der Waals surface area contributed by atoms with E-state index in [0.717, 1.165) is 12.8 Å². The lowest BCUT2D eigenvalue weighted by Crippen LogP contribution is -2.42. The van der Waals surface area contributed by atoms with Gasteiger partial charge in [0.25, 0.3) is 0 Å². The number of nitrogens with one attached hydrogen (secondary N) is 1. The zero-order valence-corrected chi connectivity index (χ0v) is 17.8. The smallest absolute Gasteiger partial charge is 0.407 e. The third-order valence-corrected chi connectivity index (χ3v) is 5.02. The van der Waals surface area contributed by atoms with E-state index in [1.54, 1.807) is 12.1 Å². The predicted molar refractivity (Wildman–Crippen MR) is 106 cm³/mol. The summed E-state index contributed by atoms with van der Waals surface area (Å²) in [5, 5.41) is 2.80. The molecule has 0 spiro atoms. The first-order valence-corrected chi connectivity index (χ1v) is 10.1. The lowest BCUT2D eigenvalue weighted by atomic mass is 9.96. The van der Waals surface area contributed by atoms with Crippen LogP contribution in [0.5, 0.6) is 0 Å². The summed E-state index contributed by atoms with van der Waals surface area (Å²) in [6.45, 7) is 7.39. The third kappa shape index (κ3) is 7.48. The molecule has 2 amide bonds. The van der Waals surface area contributed by atoms with E-state index >= 15 is 0 Å². The van der Waals surface area contributed by atoms with Gasteiger partial charge in [-0.1, -0.05) is 22.0 Å². The molecule has 0 atom stereocenters. The van der Waals surface area contributed by atoms with Crippen LogP contribution in [0.4, 0.5) is 9.18 Å². The molecule has 0 bridgehead atoms. The van der Waals surface area contributed by atoms with Crippen LogP contribution in [0, 0.1) is 11.7 Å². The van der Waals surface area contributed by atoms with Crippen LogP contribution in [0.25, 0.3) is 0 Å². The van der Waals surface area contributed by atoms with Crippen molar-refractivity contribution in [2.45, 2.75) is 52.1 Å². The highest BCUT2D eigenvalue weighted by Crippen LogP contribution is 2.20. The molecule has 150 valence electrons. The molecule has 1 aliphatic heterocycles. The number of alkyl carbamates (subject to hydrolysis) is 1. The number of likely N-dealkylation sites (tertiary alicyclic amines) is 1. The Morgan fingerprint density at radius 2 is 1.96 bits per heavy atom. The predicted octanol–water partition coefficient (Wildman–Crippen LogP) is 4.28. The molecule has 1 fully saturated rings. The highest BCUT2D eigenvalue weighted by molar-refractivity contribution is 9.10. The fraction of sp³-hybridized carbons (Fsp3) is 0.600. The topological polar surface area (TPSA) is 58.6 Å². The molecule has 27 heavy (non-hydrogen) atoms. The summed E-state index contributed by atoms with van der Waals surface area (Å²) >= 11 is 3.23. The highest BCUT2D eigenvalue weighted by Gasteiger charge is 2.24. The van der Waals surface area contributed by atoms with E-state index < -0.39 is 11.7 Å². The average molecular weight is 443 g/mol. The van der Waals surface area contributed by atoms with Crippen molar-refractivity contribution in [1.82, 2.24) is 10.2 Å². The van der Waals surface area contributed by atoms with E-state index in [4.69, 9.17) is 4.74 Å². The molecule has 5 nitrogen and oxygen atoms in total. The molecule has 1 aromatic rings. The summed E-state index contributed by atoms with van der Waals surface area (Å²) in [6.07, 6.45) is 1.98. The van der Waals surface area contributed by atoms with Gasteiger partial charge in [0.05, 0.1) is 0 Å². The van der Waals surface area contributed by atoms with Gasteiger partial charge >= 0.3 is 6.09 Å². The molecule has 0 aromatic heterocycles. The van der Waals surface area contributed by atoms with Crippen molar-refractivity contribution in [3.63, 3.8) is 0 Å². The number of halogens is 2. The molecular weight excluding hydrogens is 415 g/mol. The largest absolute Gasteiger partial charge is 0.444 e. The van der Waals surface area contributed by atoms with E-state index in [0.29, 0.717) is 48.4 Å². The molecule has 2 rings (SSSR count). The molecular formula is C20H28BrFN2O3. The fourth-order valence-corrected chi connectivity index (χ4v) is 3.39. The molecule has 1 saturated heterocycles. The lowest BCUT2D eigenvalue weighted by molar-refractivity contribution is -0.132. The average Bonchev–Trinajstić information content (AvgIpc) is 2.58. The highest BCUT2D eigenvalue weighted by atomic mass is 79.9. The van der Waals surface area contributed by atoms with Crippen LogP contribution in [0.2, 0.25) is 0 Å². The second kappa shape index (κ2) is 9.53. The first-order chi connectivity index (χ1) is 12.6. The van der Waals surface area contributed by atoms with Gasteiger partial charge in [-0.3, -0.25) is 4.79 Å². The zero-order valence-electron chi connectivity index (χ0n) is 16.2. The monoisotopic (exact) mass is 442 g/mol. The molecule has 7 heteroatoms. The first kappa shape index (κ1) is 21.7. The Morgan fingerprint density at radius 1 is 1.30 bits per heavy atom. The number of piperidine rings is 1. The van der Waals surface area contributed by atoms with Gasteiger partial charge in [0.2, 0.25) is 5.91 Å². The van der Waals surface area contributed by atoms with Crippen molar-refractivity contribution < 1.29 is 18.7 Å². The van der Waals surface area contributed by atoms with Gasteiger partial charge in [-0.25, -0.2) is 9.18 Å². The normalized spacial score (nSPS) is 15.5. The van der Waals surface area contributed by atoms with Crippen molar-refractivity contribution in [2.24, 2.45) is 5.92 Å². The first-order valence-electron chi connectivity index (χ1n) is 9.32. The molecule has 0 saturated carbocycles. The third-order valence-electron chi connectivity index (χ3n) is 4.52. The molecule has 0 aliphatic carbocycles. The van der Waals surface area contributed by atoms with Crippen molar-refractivity contribution >= 4 is 27.9 Å². The minimum absolute atomic E-state index is 0.0517. The van der Waals surface area contributed by atoms with E-state index in [1.807, 2.05) is 25.7 Å². The van der Waals surface area contributed by atoms with Crippen molar-refractivity contribution in [3.8, 4) is 0 Å². The summed E-state index contributed by atoms with van der Waals surface area (Å²) in [5.41, 5.74) is 0.0526. The maximum Gasteiger partial charge on any atom is 0.407 e. The molecule has 1 aliphatic rings. The van der Waals surface area contributed by atoms with Gasteiger partial charge in [0, 0.05) is 30.5 Å². The van der Waals surface area contributed by atoms with Gasteiger partial charge in [0.15, 0.2) is 0 Å². The van der Waals surface area contributed by atoms with Gasteiger partial charge in [0.1, 0.15) is 11.4 Å². The minimum Gasteiger partial charge on any atom is -0.444 e. The number of hydrogen-bond donors (Lipinski definition) is 1. The Balaban J connectivity index is 1.70. The molecule has 0 unspecified atom stereocenters. The number of nitrogens with zero attached hydrogens (tertiary/aromatic N) is 1. The number of benzene rings is 1. The fourth-order valence-electron chi connectivity index (χ4n) is 3.05. The number of carbonyl (C=O) groups excluding carboxylic acids is 2. The summed E-state index contributed by atoms with van der Waals surface area (Å²) < 4.78 is 19.8. The van der Waals surface area contributed by atoms with Crippen LogP contribution >= 0.6 is 15.9 Å². The molecule has 1 N–H and O–H groups in total. The quantitative estimate of drug-likeness (QED) is 0.739. The summed E-state index contributed by atoms with van der Waals surface area (Å²) in [5.74, 6) is 0.102. The lowest BCUT2D eigenvalue weighted by Gasteiger charge is -2.32. The van der Waals surface area contributed by atoms with E-state index in [1.165, 1.54) is 6.07 Å². The Labute approximate surface area is 168 Å². The van der Waals surface area contributed by atoms with Crippen LogP contribution in [0.3, 0.4) is 0 Å². The molecule has 0 radical (unpaired) electrons. The number of rotatable bonds is 5. The second-order valence-electron chi connectivity index (χ2n) is 7.94. The Kier molecular flexibility index (Phi) is 7.65. The number of aryl methyl sites for hydroxylation is 1. The van der Waals surface area contributed by atoms with Crippen LogP contribution in [0.1, 0.15) is 45.6 Å². The van der Waals surface area contributed by atoms with Crippen molar-refractivity contribution in [3.05, 3.63) is 34.1 Å². The maximum atomic E-state index is 13.8. The molecule has 1 aromatic carbocycles. The standard InChI is InChI=1S/C20H28BrFN2O3/c1-20(2,3)27-19(26)23-13-14-8-10-24(11-9-14)18(25)7-5-15-4-6-16(21)12-17(15)22/h4,6,12,14H,5,7-11,13H2,1-3H3,(H,23,26). The van der Waals surface area contributed by atoms with Crippen LogP contribution in [0.15, 0.2) is 22.7 Å². The second-order valence-corrected chi connectivity index (χ2v) is 8.86. The van der Waals surface area contributed by atoms with Crippen molar-refractivity contribution in [1.29, 1.82) is 0 Å². The Morgan fingerprint density at radius 3 is 2.56 bits per heavy atom. The van der Waals surface area contributed by atoms with Gasteiger partial charge in [-0.2, -0.15) is 0 Å².